The molecular weight excluding hydrogens is 806 g/mol. The quantitative estimate of drug-likeness (QED) is 0.148. The molecule has 0 bridgehead atoms. The molecule has 14 heteroatoms. The lowest BCUT2D eigenvalue weighted by Crippen LogP contribution is -2.55. The number of hydrogen-bond acceptors (Lipinski definition) is 0. The molecule has 0 fully saturated rings. The maximum absolute atomic E-state index is 2.58. The van der Waals surface area contributed by atoms with Crippen LogP contribution in [0.3, 0.4) is 0 Å². The third kappa shape index (κ3) is 6.50. The lowest BCUT2D eigenvalue weighted by atomic mass is 9.59. The standard InChI is InChI=1S/C54H48B12N2/c55-41-36(29-20-23-34-33(24-29)37-32(38-43(57)46(60)49(63)47(61)44(38)58)12-7-13-35(37)67(34)30-10-5-2-6-11-30)42(56)51(65)53-39(41)40-45(59)48(62)50(64)52(66)54(40)68(53)31-21-18-28(19-22-31)27-16-14-26(15-17-27)25-8-3-1-4-9-25/h1-24H,55-66H2. The number of para-hydroxylation sites is 1. The summed E-state index contributed by atoms with van der Waals surface area (Å²) in [5.41, 5.74) is 33.8. The van der Waals surface area contributed by atoms with E-state index in [1.807, 2.05) is 0 Å². The van der Waals surface area contributed by atoms with Crippen molar-refractivity contribution in [3.05, 3.63) is 146 Å². The van der Waals surface area contributed by atoms with Gasteiger partial charge in [-0.05, 0) is 92.4 Å². The molecule has 0 saturated heterocycles. The summed E-state index contributed by atoms with van der Waals surface area (Å²) < 4.78 is 5.06. The van der Waals surface area contributed by atoms with Gasteiger partial charge in [-0.3, -0.25) is 0 Å². The van der Waals surface area contributed by atoms with Crippen LogP contribution in [0.1, 0.15) is 0 Å². The van der Waals surface area contributed by atoms with Gasteiger partial charge in [-0.1, -0.05) is 147 Å². The van der Waals surface area contributed by atoms with Gasteiger partial charge in [-0.2, -0.15) is 0 Å². The van der Waals surface area contributed by atoms with E-state index in [2.05, 4.69) is 249 Å². The maximum Gasteiger partial charge on any atom is 0.141 e. The number of rotatable bonds is 6. The number of aromatic nitrogens is 2. The average Bonchev–Trinajstić information content (AvgIpc) is 3.91. The van der Waals surface area contributed by atoms with Crippen LogP contribution in [0.15, 0.2) is 146 Å². The Morgan fingerprint density at radius 3 is 1.31 bits per heavy atom. The lowest BCUT2D eigenvalue weighted by Gasteiger charge is -2.21. The summed E-state index contributed by atoms with van der Waals surface area (Å²) in [6.07, 6.45) is 0. The summed E-state index contributed by atoms with van der Waals surface area (Å²) in [5.74, 6) is 0. The fraction of sp³-hybridized carbons (Fsp3) is 0. The fourth-order valence-corrected chi connectivity index (χ4v) is 11.9. The Bertz CT molecular complexity index is 3870. The summed E-state index contributed by atoms with van der Waals surface area (Å²) in [6, 6.07) is 54.0. The topological polar surface area (TPSA) is 9.86 Å². The van der Waals surface area contributed by atoms with Crippen molar-refractivity contribution in [3.63, 3.8) is 0 Å². The Morgan fingerprint density at radius 2 is 0.706 bits per heavy atom. The van der Waals surface area contributed by atoms with Gasteiger partial charge in [0.1, 0.15) is 94.2 Å². The first-order valence-electron chi connectivity index (χ1n) is 24.3. The van der Waals surface area contributed by atoms with Crippen LogP contribution in [0, 0.1) is 0 Å². The van der Waals surface area contributed by atoms with Gasteiger partial charge in [0.25, 0.3) is 0 Å². The third-order valence-corrected chi connectivity index (χ3v) is 16.4. The zero-order chi connectivity index (χ0) is 47.4. The summed E-state index contributed by atoms with van der Waals surface area (Å²) >= 11 is 0. The molecule has 0 amide bonds. The molecule has 310 valence electrons. The van der Waals surface area contributed by atoms with Crippen molar-refractivity contribution in [2.75, 3.05) is 0 Å². The highest BCUT2D eigenvalue weighted by atomic mass is 15.0. The predicted molar refractivity (Wildman–Crippen MR) is 335 cm³/mol. The average molecular weight is 855 g/mol. The van der Waals surface area contributed by atoms with Gasteiger partial charge in [0.15, 0.2) is 0 Å². The Balaban J connectivity index is 1.15. The van der Waals surface area contributed by atoms with Crippen LogP contribution in [0.5, 0.6) is 0 Å². The minimum atomic E-state index is 1.17. The molecule has 0 aliphatic heterocycles. The molecule has 11 aromatic rings. The first-order valence-corrected chi connectivity index (χ1v) is 24.3. The van der Waals surface area contributed by atoms with E-state index in [4.69, 9.17) is 0 Å². The molecule has 0 aliphatic rings. The van der Waals surface area contributed by atoms with Crippen LogP contribution in [-0.4, -0.2) is 103 Å². The maximum atomic E-state index is 2.58. The molecule has 0 atom stereocenters. The second-order valence-electron chi connectivity index (χ2n) is 19.6. The van der Waals surface area contributed by atoms with E-state index in [1.165, 1.54) is 165 Å². The number of fused-ring (bicyclic) bond motifs is 6. The molecule has 2 heterocycles. The van der Waals surface area contributed by atoms with Gasteiger partial charge < -0.3 is 9.13 Å². The smallest absolute Gasteiger partial charge is 0.141 e. The van der Waals surface area contributed by atoms with Crippen LogP contribution in [-0.2, 0) is 0 Å². The summed E-state index contributed by atoms with van der Waals surface area (Å²) in [5, 5.41) is 5.30. The molecular formula is C54H48B12N2. The molecule has 0 aliphatic carbocycles. The number of benzene rings is 9. The zero-order valence-electron chi connectivity index (χ0n) is 41.8. The van der Waals surface area contributed by atoms with E-state index < -0.39 is 0 Å². The molecule has 0 spiro atoms. The molecule has 11 rings (SSSR count). The normalized spacial score (nSPS) is 11.6. The fourth-order valence-electron chi connectivity index (χ4n) is 11.9. The molecule has 0 N–H and O–H groups in total. The van der Waals surface area contributed by atoms with E-state index in [0.29, 0.717) is 0 Å². The number of nitrogens with zero attached hydrogens (tertiary/aromatic N) is 2. The van der Waals surface area contributed by atoms with Gasteiger partial charge >= 0.3 is 0 Å². The van der Waals surface area contributed by atoms with Crippen molar-refractivity contribution < 1.29 is 0 Å². The van der Waals surface area contributed by atoms with Gasteiger partial charge in [0, 0.05) is 38.6 Å². The van der Waals surface area contributed by atoms with Gasteiger partial charge in [0.05, 0.1) is 11.0 Å². The Kier molecular flexibility index (Phi) is 10.7. The highest BCUT2D eigenvalue weighted by molar-refractivity contribution is 6.70. The van der Waals surface area contributed by atoms with E-state index in [9.17, 15) is 0 Å². The summed E-state index contributed by atoms with van der Waals surface area (Å²) in [6.45, 7) is 0. The second kappa shape index (κ2) is 16.6. The van der Waals surface area contributed by atoms with Crippen LogP contribution in [0.25, 0.3) is 99.5 Å². The molecule has 0 radical (unpaired) electrons. The largest absolute Gasteiger partial charge is 0.310 e. The van der Waals surface area contributed by atoms with Crippen molar-refractivity contribution in [1.29, 1.82) is 0 Å². The van der Waals surface area contributed by atoms with Crippen LogP contribution < -0.4 is 65.6 Å². The first-order chi connectivity index (χ1) is 32.8. The SMILES string of the molecule is Bc1c(B)c(B)c(-c2cccc3c2c2cc(-c4c(B)c(B)c5c(c4B)c4c(B)c(B)c(B)c(B)c4n5-c4ccc(-c5ccc(-c6ccccc6)cc5)cc4)ccc2n3-c2ccccc2)c(B)c1B. The van der Waals surface area contributed by atoms with Gasteiger partial charge in [0.2, 0.25) is 0 Å². The van der Waals surface area contributed by atoms with Gasteiger partial charge in [-0.25, -0.2) is 0 Å². The summed E-state index contributed by atoms with van der Waals surface area (Å²) in [4.78, 5) is 0. The van der Waals surface area contributed by atoms with Crippen molar-refractivity contribution in [2.45, 2.75) is 0 Å². The van der Waals surface area contributed by atoms with Crippen molar-refractivity contribution >= 4 is 203 Å². The number of hydrogen-bond donors (Lipinski definition) is 0. The van der Waals surface area contributed by atoms with Crippen LogP contribution in [0.2, 0.25) is 0 Å². The Morgan fingerprint density at radius 1 is 0.265 bits per heavy atom. The Hall–Kier alpha value is -6.64. The predicted octanol–water partition coefficient (Wildman–Crippen LogP) is -6.35. The first kappa shape index (κ1) is 43.9. The van der Waals surface area contributed by atoms with E-state index in [-0.39, 0.29) is 0 Å². The molecule has 0 unspecified atom stereocenters. The minimum absolute atomic E-state index is 1.17. The van der Waals surface area contributed by atoms with Crippen LogP contribution in [0.4, 0.5) is 0 Å². The van der Waals surface area contributed by atoms with Crippen molar-refractivity contribution in [2.24, 2.45) is 0 Å². The zero-order valence-corrected chi connectivity index (χ0v) is 41.8. The van der Waals surface area contributed by atoms with E-state index >= 15 is 0 Å². The highest BCUT2D eigenvalue weighted by Gasteiger charge is 2.26. The molecule has 9 aromatic carbocycles. The van der Waals surface area contributed by atoms with E-state index in [1.54, 1.807) is 0 Å². The van der Waals surface area contributed by atoms with Crippen LogP contribution >= 0.6 is 0 Å². The highest BCUT2D eigenvalue weighted by Crippen LogP contribution is 2.40. The Labute approximate surface area is 411 Å². The molecule has 0 saturated carbocycles. The van der Waals surface area contributed by atoms with Crippen molar-refractivity contribution in [1.82, 2.24) is 9.13 Å². The van der Waals surface area contributed by atoms with Gasteiger partial charge in [-0.15, -0.1) is 21.9 Å². The minimum Gasteiger partial charge on any atom is -0.310 e. The molecule has 68 heavy (non-hydrogen) atoms. The second-order valence-corrected chi connectivity index (χ2v) is 19.6. The third-order valence-electron chi connectivity index (χ3n) is 16.4. The van der Waals surface area contributed by atoms with E-state index in [0.717, 1.165) is 0 Å². The van der Waals surface area contributed by atoms with Crippen molar-refractivity contribution in [3.8, 4) is 55.9 Å². The lowest BCUT2D eigenvalue weighted by molar-refractivity contribution is 1.18. The monoisotopic (exact) mass is 856 g/mol. The molecule has 2 aromatic heterocycles. The summed E-state index contributed by atoms with van der Waals surface area (Å²) in [7, 11) is 27.9. The molecule has 2 nitrogen and oxygen atoms in total.